The Morgan fingerprint density at radius 1 is 0.864 bits per heavy atom. The molecule has 5 nitrogen and oxygen atoms in total. The van der Waals surface area contributed by atoms with E-state index in [-0.39, 0.29) is 5.78 Å². The molecule has 0 fully saturated rings. The van der Waals surface area contributed by atoms with Crippen LogP contribution in [0.2, 0.25) is 0 Å². The van der Waals surface area contributed by atoms with Crippen LogP contribution < -0.4 is 4.74 Å². The first-order chi connectivity index (χ1) is 10.8. The summed E-state index contributed by atoms with van der Waals surface area (Å²) in [7, 11) is 1.51. The summed E-state index contributed by atoms with van der Waals surface area (Å²) in [5.41, 5.74) is 1.99. The number of methoxy groups -OCH3 is 1. The van der Waals surface area contributed by atoms with Crippen LogP contribution in [0.25, 0.3) is 11.4 Å². The highest BCUT2D eigenvalue weighted by Crippen LogP contribution is 2.16. The predicted octanol–water partition coefficient (Wildman–Crippen LogP) is 2.78. The van der Waals surface area contributed by atoms with Crippen molar-refractivity contribution in [1.29, 1.82) is 0 Å². The van der Waals surface area contributed by atoms with E-state index in [4.69, 9.17) is 4.74 Å². The summed E-state index contributed by atoms with van der Waals surface area (Å²) < 4.78 is 5.04. The van der Waals surface area contributed by atoms with Gasteiger partial charge in [-0.05, 0) is 30.3 Å². The van der Waals surface area contributed by atoms with E-state index in [0.717, 1.165) is 5.69 Å². The molecule has 0 saturated heterocycles. The minimum atomic E-state index is -0.253. The summed E-state index contributed by atoms with van der Waals surface area (Å²) in [5, 5.41) is 0. The zero-order valence-electron chi connectivity index (χ0n) is 11.9. The summed E-state index contributed by atoms with van der Waals surface area (Å²) >= 11 is 0. The Morgan fingerprint density at radius 2 is 1.59 bits per heavy atom. The van der Waals surface area contributed by atoms with Gasteiger partial charge in [-0.2, -0.15) is 0 Å². The van der Waals surface area contributed by atoms with Crippen molar-refractivity contribution in [2.75, 3.05) is 7.11 Å². The molecule has 0 spiro atoms. The number of hydrogen-bond acceptors (Lipinski definition) is 5. The first-order valence-corrected chi connectivity index (χ1v) is 6.72. The number of pyridine rings is 3. The van der Waals surface area contributed by atoms with Gasteiger partial charge in [0, 0.05) is 12.3 Å². The molecule has 0 aliphatic rings. The van der Waals surface area contributed by atoms with Crippen molar-refractivity contribution in [1.82, 2.24) is 15.0 Å². The minimum absolute atomic E-state index is 0.253. The molecule has 0 unspecified atom stereocenters. The zero-order valence-corrected chi connectivity index (χ0v) is 11.9. The van der Waals surface area contributed by atoms with Crippen LogP contribution in [-0.4, -0.2) is 27.8 Å². The fourth-order valence-electron chi connectivity index (χ4n) is 2.00. The average molecular weight is 291 g/mol. The fourth-order valence-corrected chi connectivity index (χ4v) is 2.00. The molecule has 3 heterocycles. The van der Waals surface area contributed by atoms with Gasteiger partial charge in [-0.3, -0.25) is 9.78 Å². The molecule has 0 aliphatic heterocycles. The van der Waals surface area contributed by atoms with Gasteiger partial charge in [-0.25, -0.2) is 9.97 Å². The number of hydrogen-bond donors (Lipinski definition) is 0. The second-order valence-electron chi connectivity index (χ2n) is 4.52. The zero-order chi connectivity index (χ0) is 15.4. The monoisotopic (exact) mass is 291 g/mol. The molecule has 0 aliphatic carbocycles. The molecular weight excluding hydrogens is 278 g/mol. The number of carbonyl (C=O) groups is 1. The molecule has 0 radical (unpaired) electrons. The van der Waals surface area contributed by atoms with Gasteiger partial charge in [0.15, 0.2) is 0 Å². The second-order valence-corrected chi connectivity index (χ2v) is 4.52. The van der Waals surface area contributed by atoms with Crippen LogP contribution in [0.5, 0.6) is 5.88 Å². The molecule has 0 N–H and O–H groups in total. The number of carbonyl (C=O) groups excluding carboxylic acids is 1. The molecule has 0 amide bonds. The van der Waals surface area contributed by atoms with E-state index in [9.17, 15) is 4.79 Å². The maximum Gasteiger partial charge on any atom is 0.229 e. The lowest BCUT2D eigenvalue weighted by Crippen LogP contribution is -2.07. The molecule has 3 rings (SSSR count). The highest BCUT2D eigenvalue weighted by atomic mass is 16.5. The van der Waals surface area contributed by atoms with Crippen LogP contribution in [0.1, 0.15) is 16.2 Å². The first kappa shape index (κ1) is 13.9. The van der Waals surface area contributed by atoms with Crippen molar-refractivity contribution < 1.29 is 9.53 Å². The van der Waals surface area contributed by atoms with Crippen LogP contribution in [-0.2, 0) is 0 Å². The SMILES string of the molecule is COc1cccc(C(=O)c2cccc(-c3ccccn3)n2)n1. The largest absolute Gasteiger partial charge is 0.481 e. The Balaban J connectivity index is 1.96. The van der Waals surface area contributed by atoms with E-state index in [2.05, 4.69) is 15.0 Å². The minimum Gasteiger partial charge on any atom is -0.481 e. The molecular formula is C17H13N3O2. The maximum absolute atomic E-state index is 12.5. The molecule has 0 bridgehead atoms. The molecule has 108 valence electrons. The van der Waals surface area contributed by atoms with Gasteiger partial charge in [0.25, 0.3) is 0 Å². The first-order valence-electron chi connectivity index (χ1n) is 6.72. The fraction of sp³-hybridized carbons (Fsp3) is 0.0588. The lowest BCUT2D eigenvalue weighted by Gasteiger charge is -2.04. The quantitative estimate of drug-likeness (QED) is 0.691. The molecule has 22 heavy (non-hydrogen) atoms. The van der Waals surface area contributed by atoms with Crippen LogP contribution in [0, 0.1) is 0 Å². The third-order valence-electron chi connectivity index (χ3n) is 3.07. The second kappa shape index (κ2) is 6.13. The standard InChI is InChI=1S/C17H13N3O2/c1-22-16-10-5-9-15(20-16)17(21)14-8-4-7-13(19-14)12-6-2-3-11-18-12/h2-11H,1H3. The van der Waals surface area contributed by atoms with Crippen molar-refractivity contribution in [3.8, 4) is 17.3 Å². The summed E-state index contributed by atoms with van der Waals surface area (Å²) in [4.78, 5) is 25.3. The number of aromatic nitrogens is 3. The van der Waals surface area contributed by atoms with Crippen molar-refractivity contribution in [2.45, 2.75) is 0 Å². The highest BCUT2D eigenvalue weighted by Gasteiger charge is 2.14. The molecule has 5 heteroatoms. The van der Waals surface area contributed by atoms with Gasteiger partial charge < -0.3 is 4.74 Å². The summed E-state index contributed by atoms with van der Waals surface area (Å²) in [6.45, 7) is 0. The average Bonchev–Trinajstić information content (AvgIpc) is 2.62. The highest BCUT2D eigenvalue weighted by molar-refractivity contribution is 6.06. The van der Waals surface area contributed by atoms with Crippen molar-refractivity contribution in [2.24, 2.45) is 0 Å². The Kier molecular flexibility index (Phi) is 3.87. The molecule has 3 aromatic rings. The Morgan fingerprint density at radius 3 is 2.32 bits per heavy atom. The smallest absolute Gasteiger partial charge is 0.229 e. The van der Waals surface area contributed by atoms with Crippen LogP contribution in [0.3, 0.4) is 0 Å². The third kappa shape index (κ3) is 2.83. The molecule has 0 atom stereocenters. The van der Waals surface area contributed by atoms with E-state index < -0.39 is 0 Å². The van der Waals surface area contributed by atoms with E-state index in [1.165, 1.54) is 7.11 Å². The Bertz CT molecular complexity index is 804. The van der Waals surface area contributed by atoms with Crippen LogP contribution >= 0.6 is 0 Å². The topological polar surface area (TPSA) is 65.0 Å². The van der Waals surface area contributed by atoms with Gasteiger partial charge >= 0.3 is 0 Å². The van der Waals surface area contributed by atoms with E-state index in [0.29, 0.717) is 23.0 Å². The lowest BCUT2D eigenvalue weighted by molar-refractivity contribution is 0.102. The van der Waals surface area contributed by atoms with Gasteiger partial charge in [0.05, 0.1) is 18.5 Å². The van der Waals surface area contributed by atoms with E-state index in [1.54, 1.807) is 36.5 Å². The van der Waals surface area contributed by atoms with Crippen LogP contribution in [0.15, 0.2) is 60.8 Å². The number of ketones is 1. The Hall–Kier alpha value is -3.08. The van der Waals surface area contributed by atoms with Crippen molar-refractivity contribution >= 4 is 5.78 Å². The molecule has 0 saturated carbocycles. The number of ether oxygens (including phenoxy) is 1. The van der Waals surface area contributed by atoms with Crippen molar-refractivity contribution in [3.05, 3.63) is 72.2 Å². The maximum atomic E-state index is 12.5. The summed E-state index contributed by atoms with van der Waals surface area (Å²) in [6.07, 6.45) is 1.69. The normalized spacial score (nSPS) is 10.2. The van der Waals surface area contributed by atoms with Crippen molar-refractivity contribution in [3.63, 3.8) is 0 Å². The lowest BCUT2D eigenvalue weighted by atomic mass is 10.1. The number of nitrogens with zero attached hydrogens (tertiary/aromatic N) is 3. The Labute approximate surface area is 127 Å². The predicted molar refractivity (Wildman–Crippen MR) is 81.7 cm³/mol. The van der Waals surface area contributed by atoms with E-state index >= 15 is 0 Å². The molecule has 0 aromatic carbocycles. The van der Waals surface area contributed by atoms with Crippen LogP contribution in [0.4, 0.5) is 0 Å². The summed E-state index contributed by atoms with van der Waals surface area (Å²) in [6, 6.07) is 15.9. The van der Waals surface area contributed by atoms with Gasteiger partial charge in [0.2, 0.25) is 11.7 Å². The van der Waals surface area contributed by atoms with Gasteiger partial charge in [0.1, 0.15) is 11.4 Å². The molecule has 3 aromatic heterocycles. The van der Waals surface area contributed by atoms with Gasteiger partial charge in [-0.1, -0.05) is 18.2 Å². The van der Waals surface area contributed by atoms with E-state index in [1.807, 2.05) is 24.3 Å². The number of rotatable bonds is 4. The third-order valence-corrected chi connectivity index (χ3v) is 3.07. The van der Waals surface area contributed by atoms with Gasteiger partial charge in [-0.15, -0.1) is 0 Å². The summed E-state index contributed by atoms with van der Waals surface area (Å²) in [5.74, 6) is 0.142.